The number of nitrogens with one attached hydrogen (secondary N) is 1. The zero-order valence-corrected chi connectivity index (χ0v) is 12.2. The van der Waals surface area contributed by atoms with E-state index in [0.717, 1.165) is 24.3 Å². The minimum absolute atomic E-state index is 0.424. The Morgan fingerprint density at radius 3 is 3.05 bits per heavy atom. The average molecular weight is 271 g/mol. The molecule has 1 heterocycles. The maximum atomic E-state index is 5.98. The van der Waals surface area contributed by atoms with Gasteiger partial charge in [0.05, 0.1) is 6.61 Å². The van der Waals surface area contributed by atoms with Crippen molar-refractivity contribution in [3.8, 4) is 5.75 Å². The minimum atomic E-state index is 0.424. The van der Waals surface area contributed by atoms with E-state index in [1.165, 1.54) is 57.1 Å². The predicted molar refractivity (Wildman–Crippen MR) is 81.2 cm³/mol. The standard InChI is InChI=1S/C18H25NO/c1-3-15(11-17(5-1)20-13-14-6-7-14)18-8-2-4-16(12-18)19-10-9-18/h1,3,5,11,14,16,19H,2,4,6-10,12-13H2/t16-,18+/m1/s1. The van der Waals surface area contributed by atoms with Crippen molar-refractivity contribution in [3.63, 3.8) is 0 Å². The number of hydrogen-bond acceptors (Lipinski definition) is 2. The molecule has 0 amide bonds. The van der Waals surface area contributed by atoms with Gasteiger partial charge in [0.15, 0.2) is 0 Å². The quantitative estimate of drug-likeness (QED) is 0.902. The molecular weight excluding hydrogens is 246 g/mol. The summed E-state index contributed by atoms with van der Waals surface area (Å²) in [5.74, 6) is 1.92. The smallest absolute Gasteiger partial charge is 0.119 e. The van der Waals surface area contributed by atoms with Crippen molar-refractivity contribution < 1.29 is 4.74 Å². The van der Waals surface area contributed by atoms with Crippen LogP contribution in [0.15, 0.2) is 24.3 Å². The molecule has 2 bridgehead atoms. The van der Waals surface area contributed by atoms with Gasteiger partial charge in [-0.05, 0) is 74.1 Å². The van der Waals surface area contributed by atoms with Crippen LogP contribution < -0.4 is 10.1 Å². The van der Waals surface area contributed by atoms with Crippen molar-refractivity contribution >= 4 is 0 Å². The highest BCUT2D eigenvalue weighted by molar-refractivity contribution is 5.35. The summed E-state index contributed by atoms with van der Waals surface area (Å²) in [6.07, 6.45) is 9.41. The Kier molecular flexibility index (Phi) is 3.22. The highest BCUT2D eigenvalue weighted by Crippen LogP contribution is 2.45. The molecule has 1 saturated heterocycles. The van der Waals surface area contributed by atoms with E-state index in [1.807, 2.05) is 0 Å². The zero-order valence-electron chi connectivity index (χ0n) is 12.2. The molecule has 0 aromatic heterocycles. The lowest BCUT2D eigenvalue weighted by molar-refractivity contribution is 0.180. The molecule has 2 saturated carbocycles. The van der Waals surface area contributed by atoms with Crippen molar-refractivity contribution in [3.05, 3.63) is 29.8 Å². The number of fused-ring (bicyclic) bond motifs is 2. The summed E-state index contributed by atoms with van der Waals surface area (Å²) in [5, 5.41) is 3.68. The Labute approximate surface area is 121 Å². The van der Waals surface area contributed by atoms with Crippen LogP contribution in [0.1, 0.15) is 50.5 Å². The SMILES string of the molecule is c1cc(OCC2CC2)cc([C@]23CCC[C@H](C2)NCC3)c1. The Morgan fingerprint density at radius 2 is 2.15 bits per heavy atom. The fourth-order valence-electron chi connectivity index (χ4n) is 4.10. The number of piperidine rings is 1. The second kappa shape index (κ2) is 5.07. The van der Waals surface area contributed by atoms with Crippen LogP contribution in [-0.4, -0.2) is 19.2 Å². The van der Waals surface area contributed by atoms with E-state index >= 15 is 0 Å². The number of hydrogen-bond donors (Lipinski definition) is 1. The maximum Gasteiger partial charge on any atom is 0.119 e. The van der Waals surface area contributed by atoms with Gasteiger partial charge in [0, 0.05) is 6.04 Å². The summed E-state index contributed by atoms with van der Waals surface area (Å²) in [6.45, 7) is 2.10. The van der Waals surface area contributed by atoms with Gasteiger partial charge in [-0.3, -0.25) is 0 Å². The molecule has 0 unspecified atom stereocenters. The lowest BCUT2D eigenvalue weighted by Gasteiger charge is -2.46. The molecule has 1 aromatic rings. The summed E-state index contributed by atoms with van der Waals surface area (Å²) in [6, 6.07) is 9.73. The Hall–Kier alpha value is -1.02. The van der Waals surface area contributed by atoms with Gasteiger partial charge in [0.25, 0.3) is 0 Å². The molecule has 20 heavy (non-hydrogen) atoms. The molecule has 4 rings (SSSR count). The fourth-order valence-corrected chi connectivity index (χ4v) is 4.10. The Balaban J connectivity index is 1.55. The highest BCUT2D eigenvalue weighted by Gasteiger charge is 2.40. The van der Waals surface area contributed by atoms with E-state index in [9.17, 15) is 0 Å². The summed E-state index contributed by atoms with van der Waals surface area (Å²) in [4.78, 5) is 0. The number of benzene rings is 1. The Morgan fingerprint density at radius 1 is 1.20 bits per heavy atom. The van der Waals surface area contributed by atoms with Gasteiger partial charge < -0.3 is 10.1 Å². The summed E-state index contributed by atoms with van der Waals surface area (Å²) in [7, 11) is 0. The second-order valence-corrected chi connectivity index (χ2v) is 7.06. The molecule has 2 heteroatoms. The van der Waals surface area contributed by atoms with Gasteiger partial charge in [-0.1, -0.05) is 18.6 Å². The topological polar surface area (TPSA) is 21.3 Å². The van der Waals surface area contributed by atoms with E-state index < -0.39 is 0 Å². The van der Waals surface area contributed by atoms with Gasteiger partial charge in [0.1, 0.15) is 5.75 Å². The van der Waals surface area contributed by atoms with Gasteiger partial charge >= 0.3 is 0 Å². The van der Waals surface area contributed by atoms with Gasteiger partial charge in [-0.15, -0.1) is 0 Å². The van der Waals surface area contributed by atoms with E-state index in [-0.39, 0.29) is 0 Å². The molecule has 1 aliphatic heterocycles. The van der Waals surface area contributed by atoms with Crippen molar-refractivity contribution in [1.29, 1.82) is 0 Å². The molecule has 0 radical (unpaired) electrons. The minimum Gasteiger partial charge on any atom is -0.493 e. The van der Waals surface area contributed by atoms with Crippen molar-refractivity contribution in [2.24, 2.45) is 5.92 Å². The van der Waals surface area contributed by atoms with Crippen LogP contribution in [0.25, 0.3) is 0 Å². The lowest BCUT2D eigenvalue weighted by atomic mass is 9.64. The largest absolute Gasteiger partial charge is 0.493 e. The summed E-state index contributed by atoms with van der Waals surface area (Å²) >= 11 is 0. The summed E-state index contributed by atoms with van der Waals surface area (Å²) in [5.41, 5.74) is 1.95. The fraction of sp³-hybridized carbons (Fsp3) is 0.667. The van der Waals surface area contributed by atoms with Crippen molar-refractivity contribution in [2.45, 2.75) is 56.4 Å². The molecule has 3 fully saturated rings. The number of rotatable bonds is 4. The normalized spacial score (nSPS) is 32.9. The molecular formula is C18H25NO. The average Bonchev–Trinajstić information content (AvgIpc) is 3.30. The third kappa shape index (κ3) is 2.46. The van der Waals surface area contributed by atoms with Crippen LogP contribution in [0, 0.1) is 5.92 Å². The van der Waals surface area contributed by atoms with Gasteiger partial charge in [0.2, 0.25) is 0 Å². The van der Waals surface area contributed by atoms with Crippen molar-refractivity contribution in [2.75, 3.05) is 13.2 Å². The molecule has 3 aliphatic rings. The van der Waals surface area contributed by atoms with Crippen LogP contribution in [0.3, 0.4) is 0 Å². The zero-order chi connectivity index (χ0) is 13.4. The van der Waals surface area contributed by atoms with E-state index in [0.29, 0.717) is 5.41 Å². The first-order valence-electron chi connectivity index (χ1n) is 8.31. The van der Waals surface area contributed by atoms with Gasteiger partial charge in [-0.2, -0.15) is 0 Å². The van der Waals surface area contributed by atoms with Gasteiger partial charge in [-0.25, -0.2) is 0 Å². The van der Waals surface area contributed by atoms with E-state index in [2.05, 4.69) is 29.6 Å². The third-order valence-corrected chi connectivity index (χ3v) is 5.51. The van der Waals surface area contributed by atoms with Crippen molar-refractivity contribution in [1.82, 2.24) is 5.32 Å². The second-order valence-electron chi connectivity index (χ2n) is 7.06. The van der Waals surface area contributed by atoms with Crippen LogP contribution in [0.4, 0.5) is 0 Å². The van der Waals surface area contributed by atoms with Crippen LogP contribution >= 0.6 is 0 Å². The highest BCUT2D eigenvalue weighted by atomic mass is 16.5. The molecule has 2 nitrogen and oxygen atoms in total. The third-order valence-electron chi connectivity index (χ3n) is 5.51. The van der Waals surface area contributed by atoms with E-state index in [1.54, 1.807) is 0 Å². The molecule has 2 atom stereocenters. The van der Waals surface area contributed by atoms with Crippen LogP contribution in [0.2, 0.25) is 0 Å². The first-order chi connectivity index (χ1) is 9.84. The molecule has 1 N–H and O–H groups in total. The summed E-state index contributed by atoms with van der Waals surface area (Å²) < 4.78 is 5.98. The molecule has 1 aromatic carbocycles. The predicted octanol–water partition coefficient (Wildman–Crippen LogP) is 3.65. The molecule has 108 valence electrons. The molecule has 2 aliphatic carbocycles. The maximum absolute atomic E-state index is 5.98. The van der Waals surface area contributed by atoms with Crippen LogP contribution in [0.5, 0.6) is 5.75 Å². The lowest BCUT2D eigenvalue weighted by Crippen LogP contribution is -2.49. The first kappa shape index (κ1) is 12.7. The molecule has 0 spiro atoms. The monoisotopic (exact) mass is 271 g/mol. The Bertz CT molecular complexity index is 470. The van der Waals surface area contributed by atoms with Crippen LogP contribution in [-0.2, 0) is 5.41 Å². The van der Waals surface area contributed by atoms with E-state index in [4.69, 9.17) is 4.74 Å². The first-order valence-corrected chi connectivity index (χ1v) is 8.31. The number of ether oxygens (including phenoxy) is 1.